The number of carbonyl (C=O) groups is 3. The Balaban J connectivity index is 2.09. The third-order valence-corrected chi connectivity index (χ3v) is 4.19. The summed E-state index contributed by atoms with van der Waals surface area (Å²) >= 11 is 0. The molecule has 0 aliphatic rings. The van der Waals surface area contributed by atoms with Crippen molar-refractivity contribution >= 4 is 29.3 Å². The first kappa shape index (κ1) is 21.0. The Hall–Kier alpha value is -3.35. The van der Waals surface area contributed by atoms with Crippen molar-refractivity contribution in [3.63, 3.8) is 0 Å². The standard InChI is InChI=1S/C21H25N3O4/c1-12(2)17-10-5-7-13(3)18(17)24-19(25)14(4)28-20(26)15-8-6-9-16(11-15)23-21(22)27/h5-12,14H,1-4H3,(H,24,25)(H3,22,23,27)/t14-/m1/s1. The molecule has 0 radical (unpaired) electrons. The van der Waals surface area contributed by atoms with Crippen molar-refractivity contribution in [1.29, 1.82) is 0 Å². The van der Waals surface area contributed by atoms with Crippen molar-refractivity contribution in [2.45, 2.75) is 39.7 Å². The zero-order chi connectivity index (χ0) is 20.8. The minimum absolute atomic E-state index is 0.199. The van der Waals surface area contributed by atoms with Crippen molar-refractivity contribution in [2.24, 2.45) is 5.73 Å². The molecule has 0 spiro atoms. The molecule has 0 heterocycles. The molecule has 4 N–H and O–H groups in total. The number of hydrogen-bond donors (Lipinski definition) is 3. The molecule has 0 fully saturated rings. The zero-order valence-corrected chi connectivity index (χ0v) is 16.4. The number of urea groups is 1. The van der Waals surface area contributed by atoms with E-state index in [1.165, 1.54) is 19.1 Å². The van der Waals surface area contributed by atoms with Crippen molar-refractivity contribution in [1.82, 2.24) is 0 Å². The Bertz CT molecular complexity index is 893. The molecular weight excluding hydrogens is 358 g/mol. The maximum Gasteiger partial charge on any atom is 0.338 e. The normalized spacial score (nSPS) is 11.6. The van der Waals surface area contributed by atoms with Crippen LogP contribution in [0.5, 0.6) is 0 Å². The third-order valence-electron chi connectivity index (χ3n) is 4.19. The van der Waals surface area contributed by atoms with E-state index in [-0.39, 0.29) is 11.5 Å². The third kappa shape index (κ3) is 5.33. The SMILES string of the molecule is Cc1cccc(C(C)C)c1NC(=O)[C@@H](C)OC(=O)c1cccc(NC(N)=O)c1. The van der Waals surface area contributed by atoms with Gasteiger partial charge in [-0.15, -0.1) is 0 Å². The summed E-state index contributed by atoms with van der Waals surface area (Å²) in [6, 6.07) is 11.2. The van der Waals surface area contributed by atoms with Gasteiger partial charge in [-0.3, -0.25) is 4.79 Å². The monoisotopic (exact) mass is 383 g/mol. The Kier molecular flexibility index (Phi) is 6.76. The fourth-order valence-electron chi connectivity index (χ4n) is 2.72. The van der Waals surface area contributed by atoms with Gasteiger partial charge < -0.3 is 21.1 Å². The van der Waals surface area contributed by atoms with Gasteiger partial charge in [-0.25, -0.2) is 9.59 Å². The van der Waals surface area contributed by atoms with Gasteiger partial charge >= 0.3 is 12.0 Å². The van der Waals surface area contributed by atoms with Crippen LogP contribution in [0.1, 0.15) is 48.2 Å². The molecule has 2 rings (SSSR count). The highest BCUT2D eigenvalue weighted by molar-refractivity contribution is 5.99. The number of hydrogen-bond acceptors (Lipinski definition) is 4. The molecule has 0 saturated carbocycles. The van der Waals surface area contributed by atoms with Crippen molar-refractivity contribution in [3.05, 3.63) is 59.2 Å². The summed E-state index contributed by atoms with van der Waals surface area (Å²) in [5, 5.41) is 5.25. The first-order valence-corrected chi connectivity index (χ1v) is 8.97. The summed E-state index contributed by atoms with van der Waals surface area (Å²) < 4.78 is 5.28. The van der Waals surface area contributed by atoms with E-state index in [9.17, 15) is 14.4 Å². The Morgan fingerprint density at radius 3 is 2.32 bits per heavy atom. The summed E-state index contributed by atoms with van der Waals surface area (Å²) in [4.78, 5) is 35.8. The van der Waals surface area contributed by atoms with E-state index in [1.807, 2.05) is 39.0 Å². The molecule has 0 bridgehead atoms. The number of primary amides is 1. The second-order valence-electron chi connectivity index (χ2n) is 6.80. The lowest BCUT2D eigenvalue weighted by Gasteiger charge is -2.19. The van der Waals surface area contributed by atoms with Gasteiger partial charge in [-0.05, 0) is 49.1 Å². The van der Waals surface area contributed by atoms with E-state index in [2.05, 4.69) is 10.6 Å². The van der Waals surface area contributed by atoms with E-state index in [0.29, 0.717) is 5.69 Å². The van der Waals surface area contributed by atoms with Crippen molar-refractivity contribution in [2.75, 3.05) is 10.6 Å². The molecule has 148 valence electrons. The molecule has 0 aromatic heterocycles. The molecule has 0 saturated heterocycles. The van der Waals surface area contributed by atoms with E-state index >= 15 is 0 Å². The number of aryl methyl sites for hydroxylation is 1. The molecule has 28 heavy (non-hydrogen) atoms. The van der Waals surface area contributed by atoms with Crippen LogP contribution in [0, 0.1) is 6.92 Å². The largest absolute Gasteiger partial charge is 0.449 e. The molecule has 7 heteroatoms. The van der Waals surface area contributed by atoms with Gasteiger partial charge in [0.25, 0.3) is 5.91 Å². The Morgan fingerprint density at radius 1 is 1.00 bits per heavy atom. The second-order valence-corrected chi connectivity index (χ2v) is 6.80. The maximum atomic E-state index is 12.6. The summed E-state index contributed by atoms with van der Waals surface area (Å²) in [7, 11) is 0. The number of amides is 3. The minimum Gasteiger partial charge on any atom is -0.449 e. The fourth-order valence-corrected chi connectivity index (χ4v) is 2.72. The topological polar surface area (TPSA) is 111 Å². The van der Waals surface area contributed by atoms with Crippen molar-refractivity contribution in [3.8, 4) is 0 Å². The average Bonchev–Trinajstić information content (AvgIpc) is 2.62. The van der Waals surface area contributed by atoms with Gasteiger partial charge in [-0.1, -0.05) is 38.1 Å². The lowest BCUT2D eigenvalue weighted by atomic mass is 9.98. The molecule has 0 unspecified atom stereocenters. The number of rotatable bonds is 6. The molecule has 2 aromatic carbocycles. The number of carbonyl (C=O) groups excluding carboxylic acids is 3. The Labute approximate surface area is 164 Å². The van der Waals surface area contributed by atoms with Crippen LogP contribution < -0.4 is 16.4 Å². The summed E-state index contributed by atoms with van der Waals surface area (Å²) in [5.74, 6) is -0.867. The van der Waals surface area contributed by atoms with Crippen LogP contribution in [0.15, 0.2) is 42.5 Å². The summed E-state index contributed by atoms with van der Waals surface area (Å²) in [5.41, 5.74) is 8.31. The predicted octanol–water partition coefficient (Wildman–Crippen LogP) is 3.79. The van der Waals surface area contributed by atoms with E-state index < -0.39 is 24.0 Å². The quantitative estimate of drug-likeness (QED) is 0.659. The first-order valence-electron chi connectivity index (χ1n) is 8.97. The average molecular weight is 383 g/mol. The van der Waals surface area contributed by atoms with E-state index in [0.717, 1.165) is 16.8 Å². The van der Waals surface area contributed by atoms with Gasteiger partial charge in [0, 0.05) is 11.4 Å². The fraction of sp³-hybridized carbons (Fsp3) is 0.286. The maximum absolute atomic E-state index is 12.6. The highest BCUT2D eigenvalue weighted by Crippen LogP contribution is 2.27. The molecule has 2 aromatic rings. The molecule has 1 atom stereocenters. The number of para-hydroxylation sites is 1. The van der Waals surface area contributed by atoms with Gasteiger partial charge in [0.15, 0.2) is 6.10 Å². The predicted molar refractivity (Wildman–Crippen MR) is 108 cm³/mol. The zero-order valence-electron chi connectivity index (χ0n) is 16.4. The van der Waals surface area contributed by atoms with Crippen molar-refractivity contribution < 1.29 is 19.1 Å². The van der Waals surface area contributed by atoms with Crippen LogP contribution in [0.4, 0.5) is 16.2 Å². The minimum atomic E-state index is -1.00. The molecule has 3 amide bonds. The van der Waals surface area contributed by atoms with Gasteiger partial charge in [0.1, 0.15) is 0 Å². The van der Waals surface area contributed by atoms with Crippen LogP contribution in [0.3, 0.4) is 0 Å². The highest BCUT2D eigenvalue weighted by Gasteiger charge is 2.21. The van der Waals surface area contributed by atoms with E-state index in [4.69, 9.17) is 10.5 Å². The highest BCUT2D eigenvalue weighted by atomic mass is 16.5. The summed E-state index contributed by atoms with van der Waals surface area (Å²) in [6.07, 6.45) is -1.00. The van der Waals surface area contributed by atoms with Crippen LogP contribution in [0.25, 0.3) is 0 Å². The number of anilines is 2. The van der Waals surface area contributed by atoms with Gasteiger partial charge in [-0.2, -0.15) is 0 Å². The smallest absolute Gasteiger partial charge is 0.338 e. The molecular formula is C21H25N3O4. The lowest BCUT2D eigenvalue weighted by molar-refractivity contribution is -0.123. The number of nitrogens with one attached hydrogen (secondary N) is 2. The summed E-state index contributed by atoms with van der Waals surface area (Å²) in [6.45, 7) is 7.50. The van der Waals surface area contributed by atoms with E-state index in [1.54, 1.807) is 12.1 Å². The lowest BCUT2D eigenvalue weighted by Crippen LogP contribution is -2.30. The van der Waals surface area contributed by atoms with Crippen LogP contribution in [0.2, 0.25) is 0 Å². The molecule has 0 aliphatic heterocycles. The number of benzene rings is 2. The second kappa shape index (κ2) is 9.03. The van der Waals surface area contributed by atoms with Gasteiger partial charge in [0.05, 0.1) is 5.56 Å². The molecule has 0 aliphatic carbocycles. The number of nitrogens with two attached hydrogens (primary N) is 1. The number of esters is 1. The van der Waals surface area contributed by atoms with Crippen LogP contribution >= 0.6 is 0 Å². The van der Waals surface area contributed by atoms with Crippen LogP contribution in [-0.4, -0.2) is 24.0 Å². The van der Waals surface area contributed by atoms with Crippen LogP contribution in [-0.2, 0) is 9.53 Å². The number of ether oxygens (including phenoxy) is 1. The molecule has 7 nitrogen and oxygen atoms in total. The Morgan fingerprint density at radius 2 is 1.68 bits per heavy atom. The first-order chi connectivity index (χ1) is 13.2. The van der Waals surface area contributed by atoms with Gasteiger partial charge in [0.2, 0.25) is 0 Å².